The van der Waals surface area contributed by atoms with Crippen molar-refractivity contribution < 1.29 is 13.2 Å². The zero-order valence-corrected chi connectivity index (χ0v) is 17.5. The molecular formula is C17H27Cl2N3O3S. The largest absolute Gasteiger partial charge is 0.338 e. The molecule has 1 aromatic rings. The van der Waals surface area contributed by atoms with Gasteiger partial charge in [0.15, 0.2) is 0 Å². The SMILES string of the molecule is CCCN(C(=O)C(C)NS(=O)(=O)c1ccc(Cl)cc1)C1CCNCC1.Cl. The van der Waals surface area contributed by atoms with E-state index in [0.29, 0.717) is 11.6 Å². The van der Waals surface area contributed by atoms with E-state index in [1.54, 1.807) is 6.92 Å². The molecule has 1 heterocycles. The van der Waals surface area contributed by atoms with Crippen molar-refractivity contribution in [3.05, 3.63) is 29.3 Å². The smallest absolute Gasteiger partial charge is 0.241 e. The van der Waals surface area contributed by atoms with Crippen molar-refractivity contribution in [3.8, 4) is 0 Å². The van der Waals surface area contributed by atoms with E-state index in [1.165, 1.54) is 24.3 Å². The third-order valence-corrected chi connectivity index (χ3v) is 6.13. The molecule has 1 aliphatic heterocycles. The first-order chi connectivity index (χ1) is 11.8. The number of carbonyl (C=O) groups excluding carboxylic acids is 1. The van der Waals surface area contributed by atoms with Crippen molar-refractivity contribution in [2.75, 3.05) is 19.6 Å². The first-order valence-corrected chi connectivity index (χ1v) is 10.5. The monoisotopic (exact) mass is 423 g/mol. The summed E-state index contributed by atoms with van der Waals surface area (Å²) < 4.78 is 27.5. The number of rotatable bonds is 7. The minimum absolute atomic E-state index is 0. The van der Waals surface area contributed by atoms with Gasteiger partial charge in [-0.15, -0.1) is 12.4 Å². The summed E-state index contributed by atoms with van der Waals surface area (Å²) in [6, 6.07) is 5.23. The zero-order valence-electron chi connectivity index (χ0n) is 15.1. The molecule has 0 radical (unpaired) electrons. The highest BCUT2D eigenvalue weighted by Crippen LogP contribution is 2.17. The summed E-state index contributed by atoms with van der Waals surface area (Å²) >= 11 is 5.80. The van der Waals surface area contributed by atoms with Crippen molar-refractivity contribution in [1.29, 1.82) is 0 Å². The van der Waals surface area contributed by atoms with Crippen LogP contribution in [0.15, 0.2) is 29.2 Å². The van der Waals surface area contributed by atoms with E-state index in [9.17, 15) is 13.2 Å². The fraction of sp³-hybridized carbons (Fsp3) is 0.588. The third-order valence-electron chi connectivity index (χ3n) is 4.32. The van der Waals surface area contributed by atoms with E-state index in [1.807, 2.05) is 11.8 Å². The summed E-state index contributed by atoms with van der Waals surface area (Å²) in [6.45, 7) is 6.01. The van der Waals surface area contributed by atoms with Gasteiger partial charge < -0.3 is 10.2 Å². The normalized spacial score (nSPS) is 16.6. The number of hydrogen-bond acceptors (Lipinski definition) is 4. The average molecular weight is 424 g/mol. The summed E-state index contributed by atoms with van der Waals surface area (Å²) in [5.41, 5.74) is 0. The van der Waals surface area contributed by atoms with Crippen LogP contribution in [-0.4, -0.2) is 50.9 Å². The number of amides is 1. The predicted octanol–water partition coefficient (Wildman–Crippen LogP) is 2.42. The summed E-state index contributed by atoms with van der Waals surface area (Å²) in [5.74, 6) is -0.175. The van der Waals surface area contributed by atoms with Gasteiger partial charge in [0.2, 0.25) is 15.9 Å². The van der Waals surface area contributed by atoms with Crippen LogP contribution >= 0.6 is 24.0 Å². The fourth-order valence-electron chi connectivity index (χ4n) is 3.05. The second kappa shape index (κ2) is 10.5. The van der Waals surface area contributed by atoms with Gasteiger partial charge in [-0.25, -0.2) is 8.42 Å². The lowest BCUT2D eigenvalue weighted by molar-refractivity contribution is -0.135. The lowest BCUT2D eigenvalue weighted by atomic mass is 10.0. The predicted molar refractivity (Wildman–Crippen MR) is 106 cm³/mol. The highest BCUT2D eigenvalue weighted by atomic mass is 35.5. The summed E-state index contributed by atoms with van der Waals surface area (Å²) in [4.78, 5) is 14.8. The Morgan fingerprint density at radius 2 is 1.88 bits per heavy atom. The van der Waals surface area contributed by atoms with E-state index in [-0.39, 0.29) is 29.3 Å². The van der Waals surface area contributed by atoms with Crippen molar-refractivity contribution in [2.45, 2.75) is 50.1 Å². The van der Waals surface area contributed by atoms with Crippen LogP contribution in [0.1, 0.15) is 33.1 Å². The Hall–Kier alpha value is -0.860. The fourth-order valence-corrected chi connectivity index (χ4v) is 4.37. The lowest BCUT2D eigenvalue weighted by Crippen LogP contribution is -2.53. The Morgan fingerprint density at radius 3 is 2.42 bits per heavy atom. The molecule has 0 bridgehead atoms. The number of hydrogen-bond donors (Lipinski definition) is 2. The van der Waals surface area contributed by atoms with Gasteiger partial charge in [0.05, 0.1) is 10.9 Å². The summed E-state index contributed by atoms with van der Waals surface area (Å²) in [6.07, 6.45) is 2.62. The first-order valence-electron chi connectivity index (χ1n) is 8.64. The van der Waals surface area contributed by atoms with Crippen LogP contribution in [0.2, 0.25) is 5.02 Å². The van der Waals surface area contributed by atoms with Crippen LogP contribution in [0.5, 0.6) is 0 Å². The molecule has 1 fully saturated rings. The van der Waals surface area contributed by atoms with Gasteiger partial charge in [-0.2, -0.15) is 4.72 Å². The Labute approximate surface area is 167 Å². The lowest BCUT2D eigenvalue weighted by Gasteiger charge is -2.36. The van der Waals surface area contributed by atoms with Crippen LogP contribution in [-0.2, 0) is 14.8 Å². The highest BCUT2D eigenvalue weighted by Gasteiger charge is 2.30. The Morgan fingerprint density at radius 1 is 1.31 bits per heavy atom. The Kier molecular flexibility index (Phi) is 9.33. The summed E-state index contributed by atoms with van der Waals surface area (Å²) in [7, 11) is -3.77. The van der Waals surface area contributed by atoms with Gasteiger partial charge in [-0.1, -0.05) is 18.5 Å². The van der Waals surface area contributed by atoms with Crippen LogP contribution < -0.4 is 10.0 Å². The van der Waals surface area contributed by atoms with Gasteiger partial charge in [-0.05, 0) is 63.5 Å². The van der Waals surface area contributed by atoms with E-state index < -0.39 is 16.1 Å². The van der Waals surface area contributed by atoms with Crippen LogP contribution in [0.25, 0.3) is 0 Å². The molecule has 0 saturated carbocycles. The number of piperidine rings is 1. The number of carbonyl (C=O) groups is 1. The molecule has 6 nitrogen and oxygen atoms in total. The molecule has 0 aliphatic carbocycles. The molecule has 1 aliphatic rings. The number of benzene rings is 1. The molecule has 26 heavy (non-hydrogen) atoms. The van der Waals surface area contributed by atoms with Crippen molar-refractivity contribution in [1.82, 2.24) is 14.9 Å². The molecule has 1 aromatic carbocycles. The van der Waals surface area contributed by atoms with Gasteiger partial charge in [0, 0.05) is 17.6 Å². The molecule has 0 spiro atoms. The second-order valence-corrected chi connectivity index (χ2v) is 8.46. The molecule has 1 unspecified atom stereocenters. The van der Waals surface area contributed by atoms with Gasteiger partial charge in [0.25, 0.3) is 0 Å². The van der Waals surface area contributed by atoms with Crippen molar-refractivity contribution in [2.24, 2.45) is 0 Å². The number of nitrogens with one attached hydrogen (secondary N) is 2. The number of nitrogens with zero attached hydrogens (tertiary/aromatic N) is 1. The maximum Gasteiger partial charge on any atom is 0.241 e. The molecule has 1 atom stereocenters. The number of sulfonamides is 1. The minimum Gasteiger partial charge on any atom is -0.338 e. The average Bonchev–Trinajstić information content (AvgIpc) is 2.60. The maximum atomic E-state index is 12.9. The van der Waals surface area contributed by atoms with Gasteiger partial charge >= 0.3 is 0 Å². The molecule has 9 heteroatoms. The highest BCUT2D eigenvalue weighted by molar-refractivity contribution is 7.89. The third kappa shape index (κ3) is 6.09. The number of halogens is 2. The van der Waals surface area contributed by atoms with Crippen LogP contribution in [0.4, 0.5) is 0 Å². The molecule has 0 aromatic heterocycles. The first kappa shape index (κ1) is 23.2. The second-order valence-electron chi connectivity index (χ2n) is 6.31. The Balaban J connectivity index is 0.00000338. The minimum atomic E-state index is -3.77. The molecular weight excluding hydrogens is 397 g/mol. The zero-order chi connectivity index (χ0) is 18.4. The molecule has 148 valence electrons. The van der Waals surface area contributed by atoms with E-state index in [2.05, 4.69) is 10.0 Å². The van der Waals surface area contributed by atoms with Gasteiger partial charge in [0.1, 0.15) is 0 Å². The van der Waals surface area contributed by atoms with Crippen molar-refractivity contribution >= 4 is 39.9 Å². The molecule has 1 saturated heterocycles. The summed E-state index contributed by atoms with van der Waals surface area (Å²) in [5, 5.41) is 3.75. The molecule has 2 rings (SSSR count). The van der Waals surface area contributed by atoms with E-state index in [0.717, 1.165) is 32.4 Å². The van der Waals surface area contributed by atoms with E-state index >= 15 is 0 Å². The topological polar surface area (TPSA) is 78.5 Å². The quantitative estimate of drug-likeness (QED) is 0.705. The Bertz CT molecular complexity index is 677. The van der Waals surface area contributed by atoms with Crippen LogP contribution in [0.3, 0.4) is 0 Å². The standard InChI is InChI=1S/C17H26ClN3O3S.ClH/c1-3-12-21(15-8-10-19-11-9-15)17(22)13(2)20-25(23,24)16-6-4-14(18)5-7-16;/h4-7,13,15,19-20H,3,8-12H2,1-2H3;1H. The van der Waals surface area contributed by atoms with Gasteiger partial charge in [-0.3, -0.25) is 4.79 Å². The molecule has 1 amide bonds. The van der Waals surface area contributed by atoms with E-state index in [4.69, 9.17) is 11.6 Å². The van der Waals surface area contributed by atoms with Crippen LogP contribution in [0, 0.1) is 0 Å². The molecule has 2 N–H and O–H groups in total. The maximum absolute atomic E-state index is 12.9. The van der Waals surface area contributed by atoms with Crippen molar-refractivity contribution in [3.63, 3.8) is 0 Å².